The van der Waals surface area contributed by atoms with Crippen LogP contribution in [0.5, 0.6) is 0 Å². The number of carbonyl (C=O) groups is 2. The highest BCUT2D eigenvalue weighted by Gasteiger charge is 2.19. The number of likely N-dealkylation sites (N-methyl/N-ethyl adjacent to an activating group) is 1. The van der Waals surface area contributed by atoms with Gasteiger partial charge in [-0.25, -0.2) is 0 Å². The fourth-order valence-electron chi connectivity index (χ4n) is 2.78. The van der Waals surface area contributed by atoms with Crippen molar-refractivity contribution in [3.8, 4) is 0 Å². The minimum atomic E-state index is -0.495. The van der Waals surface area contributed by atoms with Crippen molar-refractivity contribution in [2.24, 2.45) is 5.73 Å². The third-order valence-corrected chi connectivity index (χ3v) is 4.34. The largest absolute Gasteiger partial charge is 0.340 e. The summed E-state index contributed by atoms with van der Waals surface area (Å²) in [4.78, 5) is 28.5. The Hall–Kier alpha value is -1.92. The number of piperazine rings is 1. The van der Waals surface area contributed by atoms with Gasteiger partial charge in [-0.1, -0.05) is 25.5 Å². The normalized spacial score (nSPS) is 16.7. The number of anilines is 1. The van der Waals surface area contributed by atoms with Crippen molar-refractivity contribution in [3.05, 3.63) is 29.8 Å². The first-order valence-electron chi connectivity index (χ1n) is 8.61. The monoisotopic (exact) mass is 332 g/mol. The third kappa shape index (κ3) is 5.32. The van der Waals surface area contributed by atoms with Gasteiger partial charge in [0, 0.05) is 31.9 Å². The molecule has 1 aliphatic rings. The second kappa shape index (κ2) is 8.80. The molecule has 3 N–H and O–H groups in total. The second-order valence-corrected chi connectivity index (χ2v) is 6.45. The van der Waals surface area contributed by atoms with E-state index in [0.29, 0.717) is 18.5 Å². The fraction of sp³-hybridized carbons (Fsp3) is 0.556. The number of amides is 2. The van der Waals surface area contributed by atoms with Crippen molar-refractivity contribution < 1.29 is 9.59 Å². The van der Waals surface area contributed by atoms with E-state index < -0.39 is 6.04 Å². The van der Waals surface area contributed by atoms with Gasteiger partial charge < -0.3 is 20.9 Å². The standard InChI is InChI=1S/C18H28N4O2/c1-3-5-16(19)18(24)20-15-7-4-6-14(12-15)13-17(23)22-10-8-21(2)9-11-22/h4,6-7,12,16H,3,5,8-11,13,19H2,1-2H3,(H,20,24). The summed E-state index contributed by atoms with van der Waals surface area (Å²) in [7, 11) is 2.07. The van der Waals surface area contributed by atoms with Gasteiger partial charge in [0.15, 0.2) is 0 Å². The van der Waals surface area contributed by atoms with Crippen molar-refractivity contribution in [1.82, 2.24) is 9.80 Å². The zero-order valence-corrected chi connectivity index (χ0v) is 14.6. The summed E-state index contributed by atoms with van der Waals surface area (Å²) < 4.78 is 0. The Balaban J connectivity index is 1.92. The van der Waals surface area contributed by atoms with Crippen LogP contribution in [0.4, 0.5) is 5.69 Å². The minimum Gasteiger partial charge on any atom is -0.340 e. The minimum absolute atomic E-state index is 0.134. The molecule has 6 heteroatoms. The van der Waals surface area contributed by atoms with E-state index in [2.05, 4.69) is 17.3 Å². The first-order valence-corrected chi connectivity index (χ1v) is 8.61. The first-order chi connectivity index (χ1) is 11.5. The number of nitrogens with two attached hydrogens (primary N) is 1. The van der Waals surface area contributed by atoms with Gasteiger partial charge in [0.2, 0.25) is 11.8 Å². The van der Waals surface area contributed by atoms with Gasteiger partial charge in [0.1, 0.15) is 0 Å². The van der Waals surface area contributed by atoms with E-state index in [-0.39, 0.29) is 11.8 Å². The highest BCUT2D eigenvalue weighted by molar-refractivity contribution is 5.94. The van der Waals surface area contributed by atoms with Crippen LogP contribution >= 0.6 is 0 Å². The molecule has 1 aliphatic heterocycles. The molecular formula is C18H28N4O2. The SMILES string of the molecule is CCCC(N)C(=O)Nc1cccc(CC(=O)N2CCN(C)CC2)c1. The lowest BCUT2D eigenvalue weighted by atomic mass is 10.1. The van der Waals surface area contributed by atoms with Crippen LogP contribution in [0.25, 0.3) is 0 Å². The number of rotatable bonds is 6. The van der Waals surface area contributed by atoms with E-state index in [1.165, 1.54) is 0 Å². The summed E-state index contributed by atoms with van der Waals surface area (Å²) in [6, 6.07) is 6.94. The molecule has 0 bridgehead atoms. The predicted octanol–water partition coefficient (Wildman–Crippen LogP) is 1.07. The molecule has 1 saturated heterocycles. The van der Waals surface area contributed by atoms with Crippen molar-refractivity contribution in [3.63, 3.8) is 0 Å². The zero-order valence-electron chi connectivity index (χ0n) is 14.6. The molecule has 1 heterocycles. The molecule has 0 saturated carbocycles. The quantitative estimate of drug-likeness (QED) is 0.817. The molecule has 0 aliphatic carbocycles. The Labute approximate surface area is 144 Å². The molecule has 6 nitrogen and oxygen atoms in total. The van der Waals surface area contributed by atoms with E-state index in [0.717, 1.165) is 38.2 Å². The molecule has 2 amide bonds. The van der Waals surface area contributed by atoms with Crippen LogP contribution in [0, 0.1) is 0 Å². The van der Waals surface area contributed by atoms with Crippen molar-refractivity contribution >= 4 is 17.5 Å². The summed E-state index contributed by atoms with van der Waals surface area (Å²) in [6.07, 6.45) is 1.88. The summed E-state index contributed by atoms with van der Waals surface area (Å²) in [6.45, 7) is 5.38. The average Bonchev–Trinajstić information content (AvgIpc) is 2.56. The van der Waals surface area contributed by atoms with Gasteiger partial charge in [-0.05, 0) is 31.2 Å². The second-order valence-electron chi connectivity index (χ2n) is 6.45. The van der Waals surface area contributed by atoms with Crippen LogP contribution in [0.15, 0.2) is 24.3 Å². The topological polar surface area (TPSA) is 78.7 Å². The van der Waals surface area contributed by atoms with Crippen molar-refractivity contribution in [1.29, 1.82) is 0 Å². The smallest absolute Gasteiger partial charge is 0.241 e. The van der Waals surface area contributed by atoms with E-state index in [1.54, 1.807) is 0 Å². The summed E-state index contributed by atoms with van der Waals surface area (Å²) in [5, 5.41) is 2.83. The molecule has 2 rings (SSSR count). The molecule has 1 aromatic carbocycles. The average molecular weight is 332 g/mol. The summed E-state index contributed by atoms with van der Waals surface area (Å²) >= 11 is 0. The molecular weight excluding hydrogens is 304 g/mol. The Kier molecular flexibility index (Phi) is 6.75. The van der Waals surface area contributed by atoms with E-state index in [4.69, 9.17) is 5.73 Å². The van der Waals surface area contributed by atoms with E-state index in [9.17, 15) is 9.59 Å². The van der Waals surface area contributed by atoms with Crippen LogP contribution in [-0.4, -0.2) is 60.9 Å². The maximum absolute atomic E-state index is 12.4. The molecule has 1 aromatic rings. The van der Waals surface area contributed by atoms with Crippen LogP contribution in [-0.2, 0) is 16.0 Å². The van der Waals surface area contributed by atoms with E-state index >= 15 is 0 Å². The molecule has 1 fully saturated rings. The predicted molar refractivity (Wildman–Crippen MR) is 95.7 cm³/mol. The highest BCUT2D eigenvalue weighted by atomic mass is 16.2. The van der Waals surface area contributed by atoms with Crippen LogP contribution in [0.1, 0.15) is 25.3 Å². The van der Waals surface area contributed by atoms with Crippen molar-refractivity contribution in [2.45, 2.75) is 32.2 Å². The summed E-state index contributed by atoms with van der Waals surface area (Å²) in [5.74, 6) is -0.0475. The Morgan fingerprint density at radius 1 is 1.25 bits per heavy atom. The number of carbonyl (C=O) groups excluding carboxylic acids is 2. The molecule has 132 valence electrons. The van der Waals surface area contributed by atoms with Gasteiger partial charge in [0.05, 0.1) is 12.5 Å². The lowest BCUT2D eigenvalue weighted by Gasteiger charge is -2.32. The molecule has 1 unspecified atom stereocenters. The number of hydrogen-bond acceptors (Lipinski definition) is 4. The third-order valence-electron chi connectivity index (χ3n) is 4.34. The Bertz CT molecular complexity index is 568. The number of nitrogens with one attached hydrogen (secondary N) is 1. The lowest BCUT2D eigenvalue weighted by molar-refractivity contribution is -0.132. The molecule has 0 spiro atoms. The van der Waals surface area contributed by atoms with Gasteiger partial charge in [-0.2, -0.15) is 0 Å². The van der Waals surface area contributed by atoms with Crippen LogP contribution in [0.2, 0.25) is 0 Å². The summed E-state index contributed by atoms with van der Waals surface area (Å²) in [5.41, 5.74) is 7.42. The Morgan fingerprint density at radius 3 is 2.62 bits per heavy atom. The zero-order chi connectivity index (χ0) is 17.5. The van der Waals surface area contributed by atoms with Gasteiger partial charge in [-0.15, -0.1) is 0 Å². The number of hydrogen-bond donors (Lipinski definition) is 2. The van der Waals surface area contributed by atoms with Crippen molar-refractivity contribution in [2.75, 3.05) is 38.5 Å². The lowest BCUT2D eigenvalue weighted by Crippen LogP contribution is -2.47. The van der Waals surface area contributed by atoms with Crippen LogP contribution < -0.4 is 11.1 Å². The fourth-order valence-corrected chi connectivity index (χ4v) is 2.78. The molecule has 0 radical (unpaired) electrons. The molecule has 0 aromatic heterocycles. The number of benzene rings is 1. The maximum Gasteiger partial charge on any atom is 0.241 e. The maximum atomic E-state index is 12.4. The highest BCUT2D eigenvalue weighted by Crippen LogP contribution is 2.13. The van der Waals surface area contributed by atoms with Gasteiger partial charge in [-0.3, -0.25) is 9.59 Å². The van der Waals surface area contributed by atoms with E-state index in [1.807, 2.05) is 36.1 Å². The molecule has 1 atom stereocenters. The number of nitrogens with zero attached hydrogens (tertiary/aromatic N) is 2. The molecule has 24 heavy (non-hydrogen) atoms. The first kappa shape index (κ1) is 18.4. The van der Waals surface area contributed by atoms with Gasteiger partial charge >= 0.3 is 0 Å². The van der Waals surface area contributed by atoms with Crippen LogP contribution in [0.3, 0.4) is 0 Å². The van der Waals surface area contributed by atoms with Gasteiger partial charge in [0.25, 0.3) is 0 Å². The Morgan fingerprint density at radius 2 is 1.96 bits per heavy atom.